The van der Waals surface area contributed by atoms with Crippen LogP contribution in [0.4, 0.5) is 0 Å². The van der Waals surface area contributed by atoms with Crippen molar-refractivity contribution in [2.45, 2.75) is 33.1 Å². The third kappa shape index (κ3) is 7.39. The summed E-state index contributed by atoms with van der Waals surface area (Å²) in [6.45, 7) is 4.99. The van der Waals surface area contributed by atoms with Crippen LogP contribution in [0.5, 0.6) is 0 Å². The summed E-state index contributed by atoms with van der Waals surface area (Å²) in [5, 5.41) is 0. The summed E-state index contributed by atoms with van der Waals surface area (Å²) >= 11 is 0. The summed E-state index contributed by atoms with van der Waals surface area (Å²) in [6.07, 6.45) is 3.59. The number of hydrogen-bond acceptors (Lipinski definition) is 1. The van der Waals surface area contributed by atoms with Crippen molar-refractivity contribution in [3.05, 3.63) is 0 Å². The Morgan fingerprint density at radius 1 is 1.29 bits per heavy atom. The summed E-state index contributed by atoms with van der Waals surface area (Å²) in [6, 6.07) is 0. The lowest BCUT2D eigenvalue weighted by Crippen LogP contribution is -2.26. The van der Waals surface area contributed by atoms with Gasteiger partial charge in [-0.2, -0.15) is 4.99 Å². The first-order chi connectivity index (χ1) is 6.56. The molecular formula is C9H21N5. The van der Waals surface area contributed by atoms with Crippen LogP contribution in [0.1, 0.15) is 33.1 Å². The molecular weight excluding hydrogens is 178 g/mol. The molecule has 82 valence electrons. The van der Waals surface area contributed by atoms with E-state index in [-0.39, 0.29) is 11.9 Å². The Balaban J connectivity index is 3.84. The van der Waals surface area contributed by atoms with E-state index in [0.717, 1.165) is 6.42 Å². The molecule has 5 nitrogen and oxygen atoms in total. The molecule has 0 aromatic heterocycles. The van der Waals surface area contributed by atoms with E-state index in [4.69, 9.17) is 17.2 Å². The zero-order valence-corrected chi connectivity index (χ0v) is 9.03. The first-order valence-corrected chi connectivity index (χ1v) is 4.95. The Morgan fingerprint density at radius 3 is 2.43 bits per heavy atom. The van der Waals surface area contributed by atoms with E-state index in [1.165, 1.54) is 12.8 Å². The Kier molecular flexibility index (Phi) is 6.53. The highest BCUT2D eigenvalue weighted by Gasteiger charge is 2.00. The summed E-state index contributed by atoms with van der Waals surface area (Å²) in [7, 11) is 0. The predicted molar refractivity (Wildman–Crippen MR) is 61.0 cm³/mol. The fraction of sp³-hybridized carbons (Fsp3) is 0.778. The van der Waals surface area contributed by atoms with Crippen molar-refractivity contribution in [1.82, 2.24) is 0 Å². The smallest absolute Gasteiger partial charge is 0.218 e. The largest absolute Gasteiger partial charge is 0.370 e. The monoisotopic (exact) mass is 199 g/mol. The molecule has 0 aliphatic heterocycles. The van der Waals surface area contributed by atoms with Crippen molar-refractivity contribution in [3.63, 3.8) is 0 Å². The molecule has 14 heavy (non-hydrogen) atoms. The molecule has 0 heterocycles. The number of unbranched alkanes of at least 4 members (excludes halogenated alkanes) is 1. The molecule has 0 saturated carbocycles. The number of rotatable bonds is 5. The van der Waals surface area contributed by atoms with Crippen molar-refractivity contribution in [2.24, 2.45) is 33.1 Å². The van der Waals surface area contributed by atoms with Gasteiger partial charge in [-0.25, -0.2) is 0 Å². The molecule has 1 unspecified atom stereocenters. The normalized spacial score (nSPS) is 13.7. The Morgan fingerprint density at radius 2 is 1.93 bits per heavy atom. The molecule has 5 heteroatoms. The summed E-state index contributed by atoms with van der Waals surface area (Å²) in [5.74, 6) is 0.642. The molecule has 0 bridgehead atoms. The van der Waals surface area contributed by atoms with Gasteiger partial charge < -0.3 is 17.2 Å². The van der Waals surface area contributed by atoms with Gasteiger partial charge in [-0.15, -0.1) is 0 Å². The van der Waals surface area contributed by atoms with E-state index in [9.17, 15) is 0 Å². The van der Waals surface area contributed by atoms with E-state index in [2.05, 4.69) is 23.8 Å². The van der Waals surface area contributed by atoms with E-state index in [1.807, 2.05) is 0 Å². The summed E-state index contributed by atoms with van der Waals surface area (Å²) < 4.78 is 0. The minimum Gasteiger partial charge on any atom is -0.370 e. The Labute approximate surface area is 85.5 Å². The van der Waals surface area contributed by atoms with Crippen molar-refractivity contribution in [3.8, 4) is 0 Å². The third-order valence-electron chi connectivity index (χ3n) is 1.86. The van der Waals surface area contributed by atoms with Crippen molar-refractivity contribution >= 4 is 11.9 Å². The van der Waals surface area contributed by atoms with Gasteiger partial charge in [0.05, 0.1) is 0 Å². The molecule has 0 fully saturated rings. The van der Waals surface area contributed by atoms with Gasteiger partial charge in [-0.05, 0) is 12.3 Å². The maximum atomic E-state index is 5.45. The maximum Gasteiger partial charge on any atom is 0.218 e. The Hall–Kier alpha value is -1.26. The van der Waals surface area contributed by atoms with Crippen LogP contribution >= 0.6 is 0 Å². The van der Waals surface area contributed by atoms with E-state index in [1.54, 1.807) is 0 Å². The minimum absolute atomic E-state index is 0.0486. The number of hydrogen-bond donors (Lipinski definition) is 3. The average Bonchev–Trinajstić information content (AvgIpc) is 2.10. The van der Waals surface area contributed by atoms with E-state index in [0.29, 0.717) is 12.5 Å². The number of guanidine groups is 2. The summed E-state index contributed by atoms with van der Waals surface area (Å²) in [4.78, 5) is 7.69. The standard InChI is InChI=1S/C9H21N5/c1-3-4-5-7(2)6-13-9(12)14-8(10)11/h7H,3-6H2,1-2H3,(H6,10,11,12,13,14). The fourth-order valence-electron chi connectivity index (χ4n) is 1.06. The number of aliphatic imine (C=N–C) groups is 2. The van der Waals surface area contributed by atoms with Crippen LogP contribution in [0.3, 0.4) is 0 Å². The highest BCUT2D eigenvalue weighted by atomic mass is 15.1. The molecule has 0 radical (unpaired) electrons. The van der Waals surface area contributed by atoms with Gasteiger partial charge in [-0.1, -0.05) is 26.7 Å². The van der Waals surface area contributed by atoms with Gasteiger partial charge in [0.1, 0.15) is 0 Å². The molecule has 0 amide bonds. The van der Waals surface area contributed by atoms with Crippen molar-refractivity contribution < 1.29 is 0 Å². The van der Waals surface area contributed by atoms with E-state index < -0.39 is 0 Å². The van der Waals surface area contributed by atoms with Gasteiger partial charge in [0.2, 0.25) is 5.96 Å². The molecule has 0 aromatic carbocycles. The minimum atomic E-state index is -0.0486. The van der Waals surface area contributed by atoms with Crippen LogP contribution in [0.25, 0.3) is 0 Å². The zero-order chi connectivity index (χ0) is 11.0. The van der Waals surface area contributed by atoms with Crippen molar-refractivity contribution in [1.29, 1.82) is 0 Å². The quantitative estimate of drug-likeness (QED) is 0.441. The van der Waals surface area contributed by atoms with Crippen LogP contribution in [0, 0.1) is 5.92 Å². The molecule has 0 aliphatic carbocycles. The van der Waals surface area contributed by atoms with Crippen LogP contribution in [-0.4, -0.2) is 18.5 Å². The average molecular weight is 199 g/mol. The lowest BCUT2D eigenvalue weighted by atomic mass is 10.1. The van der Waals surface area contributed by atoms with Gasteiger partial charge >= 0.3 is 0 Å². The van der Waals surface area contributed by atoms with Crippen LogP contribution in [0.15, 0.2) is 9.98 Å². The predicted octanol–water partition coefficient (Wildman–Crippen LogP) is 0.401. The first kappa shape index (κ1) is 12.7. The molecule has 0 aromatic rings. The zero-order valence-electron chi connectivity index (χ0n) is 9.03. The van der Waals surface area contributed by atoms with Crippen LogP contribution in [-0.2, 0) is 0 Å². The van der Waals surface area contributed by atoms with Crippen LogP contribution < -0.4 is 17.2 Å². The van der Waals surface area contributed by atoms with Crippen molar-refractivity contribution in [2.75, 3.05) is 6.54 Å². The van der Waals surface area contributed by atoms with Gasteiger partial charge in [-0.3, -0.25) is 4.99 Å². The maximum absolute atomic E-state index is 5.45. The SMILES string of the molecule is CCCCC(C)CN=C(N)N=C(N)N. The molecule has 6 N–H and O–H groups in total. The number of nitrogens with zero attached hydrogens (tertiary/aromatic N) is 2. The first-order valence-electron chi connectivity index (χ1n) is 4.95. The highest BCUT2D eigenvalue weighted by Crippen LogP contribution is 2.07. The summed E-state index contributed by atoms with van der Waals surface area (Å²) in [5.41, 5.74) is 15.7. The van der Waals surface area contributed by atoms with E-state index >= 15 is 0 Å². The molecule has 0 aliphatic rings. The fourth-order valence-corrected chi connectivity index (χ4v) is 1.06. The van der Waals surface area contributed by atoms with Crippen LogP contribution in [0.2, 0.25) is 0 Å². The third-order valence-corrected chi connectivity index (χ3v) is 1.86. The number of nitrogens with two attached hydrogens (primary N) is 3. The Bertz CT molecular complexity index is 205. The van der Waals surface area contributed by atoms with Gasteiger partial charge in [0.25, 0.3) is 0 Å². The molecule has 0 saturated heterocycles. The topological polar surface area (TPSA) is 103 Å². The second-order valence-corrected chi connectivity index (χ2v) is 3.48. The lowest BCUT2D eigenvalue weighted by molar-refractivity contribution is 0.517. The molecule has 1 atom stereocenters. The molecule has 0 rings (SSSR count). The highest BCUT2D eigenvalue weighted by molar-refractivity contribution is 5.92. The van der Waals surface area contributed by atoms with Gasteiger partial charge in [0.15, 0.2) is 5.96 Å². The lowest BCUT2D eigenvalue weighted by Gasteiger charge is -2.06. The molecule has 0 spiro atoms. The second-order valence-electron chi connectivity index (χ2n) is 3.48. The second kappa shape index (κ2) is 7.17. The van der Waals surface area contributed by atoms with Gasteiger partial charge in [0, 0.05) is 6.54 Å².